The van der Waals surface area contributed by atoms with Crippen LogP contribution in [0.4, 0.5) is 0 Å². The highest BCUT2D eigenvalue weighted by Crippen LogP contribution is 2.24. The summed E-state index contributed by atoms with van der Waals surface area (Å²) in [6, 6.07) is 12.6. The zero-order chi connectivity index (χ0) is 19.6. The van der Waals surface area contributed by atoms with Gasteiger partial charge < -0.3 is 4.90 Å². The minimum atomic E-state index is 0.108. The van der Waals surface area contributed by atoms with Gasteiger partial charge >= 0.3 is 0 Å². The van der Waals surface area contributed by atoms with Crippen molar-refractivity contribution in [1.29, 1.82) is 0 Å². The number of rotatable bonds is 4. The number of hydrogen-bond acceptors (Lipinski definition) is 3. The van der Waals surface area contributed by atoms with Crippen molar-refractivity contribution in [2.45, 2.75) is 39.8 Å². The monoisotopic (exact) mass is 363 g/mol. The standard InChI is InChI=1S/C23H29N3O/c1-6-10-25-14-19(5)26(15-18(25)4)23(27)21-9-7-8-20(13-21)22-11-16(2)24-17(3)12-22/h6-9,11-13,18-19H,1,10,14-15H2,2-5H3. The summed E-state index contributed by atoms with van der Waals surface area (Å²) in [7, 11) is 0. The Labute approximate surface area is 162 Å². The van der Waals surface area contributed by atoms with E-state index in [-0.39, 0.29) is 11.9 Å². The highest BCUT2D eigenvalue weighted by molar-refractivity contribution is 5.95. The molecule has 2 aromatic rings. The maximum absolute atomic E-state index is 13.2. The second kappa shape index (κ2) is 8.05. The zero-order valence-electron chi connectivity index (χ0n) is 16.8. The van der Waals surface area contributed by atoms with E-state index in [0.29, 0.717) is 6.04 Å². The van der Waals surface area contributed by atoms with E-state index in [4.69, 9.17) is 0 Å². The highest BCUT2D eigenvalue weighted by atomic mass is 16.2. The third kappa shape index (κ3) is 4.28. The van der Waals surface area contributed by atoms with Crippen LogP contribution < -0.4 is 0 Å². The van der Waals surface area contributed by atoms with Crippen molar-refractivity contribution in [2.24, 2.45) is 0 Å². The Balaban J connectivity index is 1.84. The summed E-state index contributed by atoms with van der Waals surface area (Å²) in [5.41, 5.74) is 4.88. The van der Waals surface area contributed by atoms with Crippen molar-refractivity contribution in [2.75, 3.05) is 19.6 Å². The molecule has 1 aliphatic heterocycles. The number of pyridine rings is 1. The van der Waals surface area contributed by atoms with Gasteiger partial charge in [-0.3, -0.25) is 14.7 Å². The second-order valence-corrected chi connectivity index (χ2v) is 7.62. The number of hydrogen-bond donors (Lipinski definition) is 0. The summed E-state index contributed by atoms with van der Waals surface area (Å²) in [4.78, 5) is 22.0. The number of aryl methyl sites for hydroxylation is 2. The van der Waals surface area contributed by atoms with Crippen molar-refractivity contribution in [3.05, 3.63) is 66.0 Å². The summed E-state index contributed by atoms with van der Waals surface area (Å²) in [5, 5.41) is 0. The number of benzene rings is 1. The molecule has 0 aliphatic carbocycles. The van der Waals surface area contributed by atoms with Crippen LogP contribution in [0.5, 0.6) is 0 Å². The van der Waals surface area contributed by atoms with E-state index < -0.39 is 0 Å². The third-order valence-electron chi connectivity index (χ3n) is 5.26. The number of carbonyl (C=O) groups excluding carboxylic acids is 1. The van der Waals surface area contributed by atoms with Gasteiger partial charge in [0, 0.05) is 48.7 Å². The topological polar surface area (TPSA) is 36.4 Å². The lowest BCUT2D eigenvalue weighted by Gasteiger charge is -2.43. The molecule has 4 heteroatoms. The van der Waals surface area contributed by atoms with E-state index in [1.165, 1.54) is 0 Å². The molecule has 1 aromatic heterocycles. The van der Waals surface area contributed by atoms with Crippen LogP contribution in [0.1, 0.15) is 35.6 Å². The molecule has 2 atom stereocenters. The molecule has 0 saturated carbocycles. The predicted molar refractivity (Wildman–Crippen MR) is 111 cm³/mol. The quantitative estimate of drug-likeness (QED) is 0.768. The van der Waals surface area contributed by atoms with Gasteiger partial charge in [-0.15, -0.1) is 6.58 Å². The zero-order valence-corrected chi connectivity index (χ0v) is 16.8. The maximum Gasteiger partial charge on any atom is 0.254 e. The summed E-state index contributed by atoms with van der Waals surface area (Å²) >= 11 is 0. The SMILES string of the molecule is C=CCN1CC(C)N(C(=O)c2cccc(-c3cc(C)nc(C)c3)c2)CC1C. The van der Waals surface area contributed by atoms with E-state index in [2.05, 4.69) is 48.5 Å². The molecular formula is C23H29N3O. The number of nitrogens with zero attached hydrogens (tertiary/aromatic N) is 3. The van der Waals surface area contributed by atoms with Gasteiger partial charge in [-0.05, 0) is 63.1 Å². The van der Waals surface area contributed by atoms with Crippen molar-refractivity contribution < 1.29 is 4.79 Å². The Morgan fingerprint density at radius 2 is 1.81 bits per heavy atom. The average Bonchev–Trinajstić information content (AvgIpc) is 2.63. The van der Waals surface area contributed by atoms with Crippen LogP contribution in [0.2, 0.25) is 0 Å². The van der Waals surface area contributed by atoms with Gasteiger partial charge in [0.1, 0.15) is 0 Å². The smallest absolute Gasteiger partial charge is 0.254 e. The molecule has 0 bridgehead atoms. The molecule has 3 rings (SSSR count). The van der Waals surface area contributed by atoms with E-state index in [0.717, 1.165) is 47.7 Å². The number of amides is 1. The van der Waals surface area contributed by atoms with Gasteiger partial charge in [0.25, 0.3) is 5.91 Å². The molecule has 0 N–H and O–H groups in total. The highest BCUT2D eigenvalue weighted by Gasteiger charge is 2.31. The van der Waals surface area contributed by atoms with Crippen molar-refractivity contribution in [3.8, 4) is 11.1 Å². The lowest BCUT2D eigenvalue weighted by molar-refractivity contribution is 0.0355. The fraction of sp³-hybridized carbons (Fsp3) is 0.391. The summed E-state index contributed by atoms with van der Waals surface area (Å²) < 4.78 is 0. The van der Waals surface area contributed by atoms with E-state index in [9.17, 15) is 4.79 Å². The summed E-state index contributed by atoms with van der Waals surface area (Å²) in [6.07, 6.45) is 1.93. The fourth-order valence-corrected chi connectivity index (χ4v) is 3.90. The van der Waals surface area contributed by atoms with Gasteiger partial charge in [-0.1, -0.05) is 18.2 Å². The van der Waals surface area contributed by atoms with Crippen molar-refractivity contribution in [1.82, 2.24) is 14.8 Å². The molecule has 1 fully saturated rings. The van der Waals surface area contributed by atoms with Crippen LogP contribution in [0.3, 0.4) is 0 Å². The van der Waals surface area contributed by atoms with Crippen LogP contribution >= 0.6 is 0 Å². The van der Waals surface area contributed by atoms with Crippen molar-refractivity contribution >= 4 is 5.91 Å². The van der Waals surface area contributed by atoms with E-state index in [1.54, 1.807) is 0 Å². The molecule has 27 heavy (non-hydrogen) atoms. The van der Waals surface area contributed by atoms with Gasteiger partial charge in [-0.25, -0.2) is 0 Å². The number of piperazine rings is 1. The summed E-state index contributed by atoms with van der Waals surface area (Å²) in [5.74, 6) is 0.108. The Morgan fingerprint density at radius 3 is 2.48 bits per heavy atom. The van der Waals surface area contributed by atoms with E-state index >= 15 is 0 Å². The molecule has 2 unspecified atom stereocenters. The lowest BCUT2D eigenvalue weighted by atomic mass is 10.0. The Morgan fingerprint density at radius 1 is 1.11 bits per heavy atom. The average molecular weight is 364 g/mol. The maximum atomic E-state index is 13.2. The molecule has 142 valence electrons. The van der Waals surface area contributed by atoms with Crippen LogP contribution in [0.15, 0.2) is 49.1 Å². The second-order valence-electron chi connectivity index (χ2n) is 7.62. The first kappa shape index (κ1) is 19.3. The third-order valence-corrected chi connectivity index (χ3v) is 5.26. The van der Waals surface area contributed by atoms with Crippen LogP contribution in [-0.2, 0) is 0 Å². The molecule has 1 saturated heterocycles. The first-order chi connectivity index (χ1) is 12.9. The Kier molecular flexibility index (Phi) is 5.76. The normalized spacial score (nSPS) is 20.5. The minimum absolute atomic E-state index is 0.108. The number of carbonyl (C=O) groups is 1. The fourth-order valence-electron chi connectivity index (χ4n) is 3.90. The molecule has 1 aromatic carbocycles. The number of aromatic nitrogens is 1. The Hall–Kier alpha value is -2.46. The molecule has 2 heterocycles. The van der Waals surface area contributed by atoms with E-state index in [1.807, 2.05) is 43.0 Å². The van der Waals surface area contributed by atoms with Crippen molar-refractivity contribution in [3.63, 3.8) is 0 Å². The largest absolute Gasteiger partial charge is 0.333 e. The summed E-state index contributed by atoms with van der Waals surface area (Å²) in [6.45, 7) is 14.6. The minimum Gasteiger partial charge on any atom is -0.333 e. The molecule has 0 spiro atoms. The first-order valence-electron chi connectivity index (χ1n) is 9.60. The molecule has 1 aliphatic rings. The molecule has 1 amide bonds. The molecule has 4 nitrogen and oxygen atoms in total. The Bertz CT molecular complexity index is 825. The van der Waals surface area contributed by atoms with Gasteiger partial charge in [0.15, 0.2) is 0 Å². The predicted octanol–water partition coefficient (Wildman–Crippen LogP) is 4.09. The first-order valence-corrected chi connectivity index (χ1v) is 9.60. The van der Waals surface area contributed by atoms with Crippen LogP contribution in [0.25, 0.3) is 11.1 Å². The van der Waals surface area contributed by atoms with Gasteiger partial charge in [0.2, 0.25) is 0 Å². The van der Waals surface area contributed by atoms with Crippen LogP contribution in [0, 0.1) is 13.8 Å². The molecular weight excluding hydrogens is 334 g/mol. The van der Waals surface area contributed by atoms with Gasteiger partial charge in [0.05, 0.1) is 0 Å². The van der Waals surface area contributed by atoms with Crippen LogP contribution in [-0.4, -0.2) is 52.4 Å². The lowest BCUT2D eigenvalue weighted by Crippen LogP contribution is -2.57. The molecule has 0 radical (unpaired) electrons. The van der Waals surface area contributed by atoms with Gasteiger partial charge in [-0.2, -0.15) is 0 Å².